The molecule has 0 bridgehead atoms. The minimum absolute atomic E-state index is 0.478. The molecule has 0 aromatic heterocycles. The van der Waals surface area contributed by atoms with E-state index in [9.17, 15) is 0 Å². The van der Waals surface area contributed by atoms with Crippen molar-refractivity contribution in [1.29, 1.82) is 0 Å². The van der Waals surface area contributed by atoms with E-state index in [1.54, 1.807) is 7.11 Å². The summed E-state index contributed by atoms with van der Waals surface area (Å²) in [5.41, 5.74) is 0.478. The molecule has 0 atom stereocenters. The van der Waals surface area contributed by atoms with Crippen molar-refractivity contribution >= 4 is 12.6 Å². The van der Waals surface area contributed by atoms with Crippen LogP contribution >= 0.6 is 12.6 Å². The molecule has 0 N–H and O–H groups in total. The van der Waals surface area contributed by atoms with Gasteiger partial charge in [0, 0.05) is 26.7 Å². The predicted octanol–water partition coefficient (Wildman–Crippen LogP) is 3.08. The van der Waals surface area contributed by atoms with Crippen molar-refractivity contribution in [3.63, 3.8) is 0 Å². The number of nitrogens with zero attached hydrogens (tertiary/aromatic N) is 1. The Morgan fingerprint density at radius 3 is 2.41 bits per heavy atom. The minimum Gasteiger partial charge on any atom is -0.383 e. The maximum atomic E-state index is 5.22. The van der Waals surface area contributed by atoms with Gasteiger partial charge in [-0.05, 0) is 29.9 Å². The van der Waals surface area contributed by atoms with Crippen LogP contribution in [0.1, 0.15) is 39.5 Å². The molecular formula is C14H29NOS. The second-order valence-corrected chi connectivity index (χ2v) is 6.30. The molecule has 102 valence electrons. The Kier molecular flexibility index (Phi) is 6.90. The summed E-state index contributed by atoms with van der Waals surface area (Å²) in [6.07, 6.45) is 5.50. The van der Waals surface area contributed by atoms with E-state index in [1.807, 2.05) is 0 Å². The predicted molar refractivity (Wildman–Crippen MR) is 77.9 cm³/mol. The summed E-state index contributed by atoms with van der Waals surface area (Å²) < 4.78 is 5.22. The van der Waals surface area contributed by atoms with Gasteiger partial charge in [0.05, 0.1) is 6.61 Å². The second kappa shape index (κ2) is 7.65. The van der Waals surface area contributed by atoms with E-state index < -0.39 is 0 Å². The van der Waals surface area contributed by atoms with Gasteiger partial charge in [-0.3, -0.25) is 0 Å². The van der Waals surface area contributed by atoms with Gasteiger partial charge in [0.2, 0.25) is 0 Å². The van der Waals surface area contributed by atoms with Gasteiger partial charge in [0.25, 0.3) is 0 Å². The number of hydrogen-bond acceptors (Lipinski definition) is 3. The molecule has 0 amide bonds. The number of methoxy groups -OCH3 is 1. The molecule has 0 heterocycles. The van der Waals surface area contributed by atoms with Gasteiger partial charge in [-0.2, -0.15) is 12.6 Å². The standard InChI is InChI=1S/C14H29NOS/c1-13(2)10-15(8-9-16-3)11-14(12-17)6-4-5-7-14/h13,17H,4-12H2,1-3H3. The van der Waals surface area contributed by atoms with Gasteiger partial charge in [-0.25, -0.2) is 0 Å². The fourth-order valence-electron chi connectivity index (χ4n) is 2.94. The summed E-state index contributed by atoms with van der Waals surface area (Å²) in [6.45, 7) is 8.88. The van der Waals surface area contributed by atoms with Crippen LogP contribution in [0.5, 0.6) is 0 Å². The van der Waals surface area contributed by atoms with E-state index in [-0.39, 0.29) is 0 Å². The number of thiol groups is 1. The minimum atomic E-state index is 0.478. The van der Waals surface area contributed by atoms with Crippen LogP contribution in [0, 0.1) is 11.3 Å². The van der Waals surface area contributed by atoms with Crippen molar-refractivity contribution in [2.24, 2.45) is 11.3 Å². The first kappa shape index (κ1) is 15.3. The Balaban J connectivity index is 2.50. The van der Waals surface area contributed by atoms with E-state index in [0.29, 0.717) is 5.41 Å². The van der Waals surface area contributed by atoms with E-state index in [1.165, 1.54) is 38.8 Å². The average molecular weight is 259 g/mol. The molecule has 0 aromatic rings. The molecule has 0 saturated heterocycles. The molecule has 0 spiro atoms. The first-order valence-corrected chi connectivity index (χ1v) is 7.57. The monoisotopic (exact) mass is 259 g/mol. The van der Waals surface area contributed by atoms with E-state index in [4.69, 9.17) is 4.74 Å². The SMILES string of the molecule is COCCN(CC(C)C)CC1(CS)CCCC1. The number of hydrogen-bond donors (Lipinski definition) is 1. The van der Waals surface area contributed by atoms with Crippen LogP contribution in [0.2, 0.25) is 0 Å². The first-order chi connectivity index (χ1) is 8.12. The van der Waals surface area contributed by atoms with Crippen LogP contribution in [0.15, 0.2) is 0 Å². The molecule has 0 aliphatic heterocycles. The molecule has 3 heteroatoms. The van der Waals surface area contributed by atoms with Gasteiger partial charge < -0.3 is 9.64 Å². The Bertz CT molecular complexity index is 202. The molecule has 1 aliphatic carbocycles. The summed E-state index contributed by atoms with van der Waals surface area (Å²) in [5.74, 6) is 1.76. The van der Waals surface area contributed by atoms with Crippen molar-refractivity contribution in [2.75, 3.05) is 39.1 Å². The molecule has 0 unspecified atom stereocenters. The molecular weight excluding hydrogens is 230 g/mol. The zero-order valence-corrected chi connectivity index (χ0v) is 12.6. The largest absolute Gasteiger partial charge is 0.383 e. The Morgan fingerprint density at radius 2 is 1.94 bits per heavy atom. The van der Waals surface area contributed by atoms with E-state index in [2.05, 4.69) is 31.4 Å². The normalized spacial score (nSPS) is 19.4. The lowest BCUT2D eigenvalue weighted by molar-refractivity contribution is 0.107. The third-order valence-electron chi connectivity index (χ3n) is 3.79. The maximum absolute atomic E-state index is 5.22. The molecule has 1 saturated carbocycles. The van der Waals surface area contributed by atoms with Gasteiger partial charge in [0.15, 0.2) is 0 Å². The Hall–Kier alpha value is 0.270. The van der Waals surface area contributed by atoms with Crippen molar-refractivity contribution < 1.29 is 4.74 Å². The Labute approximate surface area is 113 Å². The number of ether oxygens (including phenoxy) is 1. The first-order valence-electron chi connectivity index (χ1n) is 6.94. The van der Waals surface area contributed by atoms with Crippen molar-refractivity contribution in [3.05, 3.63) is 0 Å². The van der Waals surface area contributed by atoms with Crippen molar-refractivity contribution in [1.82, 2.24) is 4.90 Å². The van der Waals surface area contributed by atoms with Gasteiger partial charge in [-0.15, -0.1) is 0 Å². The quantitative estimate of drug-likeness (QED) is 0.673. The maximum Gasteiger partial charge on any atom is 0.0589 e. The van der Waals surface area contributed by atoms with Gasteiger partial charge in [-0.1, -0.05) is 26.7 Å². The summed E-state index contributed by atoms with van der Waals surface area (Å²) >= 11 is 4.60. The van der Waals surface area contributed by atoms with Gasteiger partial charge in [0.1, 0.15) is 0 Å². The highest BCUT2D eigenvalue weighted by Gasteiger charge is 2.34. The van der Waals surface area contributed by atoms with E-state index in [0.717, 1.165) is 24.8 Å². The fraction of sp³-hybridized carbons (Fsp3) is 1.00. The zero-order chi connectivity index (χ0) is 12.7. The van der Waals surface area contributed by atoms with Crippen molar-refractivity contribution in [2.45, 2.75) is 39.5 Å². The van der Waals surface area contributed by atoms with Crippen LogP contribution < -0.4 is 0 Å². The lowest BCUT2D eigenvalue weighted by Gasteiger charge is -2.35. The molecule has 1 rings (SSSR count). The third kappa shape index (κ3) is 5.19. The average Bonchev–Trinajstić information content (AvgIpc) is 2.74. The molecule has 2 nitrogen and oxygen atoms in total. The molecule has 17 heavy (non-hydrogen) atoms. The highest BCUT2D eigenvalue weighted by Crippen LogP contribution is 2.39. The topological polar surface area (TPSA) is 12.5 Å². The number of rotatable bonds is 8. The molecule has 1 aliphatic rings. The Morgan fingerprint density at radius 1 is 1.29 bits per heavy atom. The molecule has 1 fully saturated rings. The third-order valence-corrected chi connectivity index (χ3v) is 4.46. The molecule has 0 aromatic carbocycles. The smallest absolute Gasteiger partial charge is 0.0589 e. The van der Waals surface area contributed by atoms with E-state index >= 15 is 0 Å². The second-order valence-electron chi connectivity index (χ2n) is 5.99. The summed E-state index contributed by atoms with van der Waals surface area (Å²) in [7, 11) is 1.79. The van der Waals surface area contributed by atoms with Gasteiger partial charge >= 0.3 is 0 Å². The highest BCUT2D eigenvalue weighted by atomic mass is 32.1. The lowest BCUT2D eigenvalue weighted by Crippen LogP contribution is -2.41. The van der Waals surface area contributed by atoms with Crippen LogP contribution in [0.4, 0.5) is 0 Å². The van der Waals surface area contributed by atoms with Crippen LogP contribution in [0.25, 0.3) is 0 Å². The fourth-order valence-corrected chi connectivity index (χ4v) is 3.35. The lowest BCUT2D eigenvalue weighted by atomic mass is 9.87. The summed E-state index contributed by atoms with van der Waals surface area (Å²) in [5, 5.41) is 0. The van der Waals surface area contributed by atoms with Crippen LogP contribution in [-0.2, 0) is 4.74 Å². The van der Waals surface area contributed by atoms with Crippen LogP contribution in [-0.4, -0.2) is 44.0 Å². The summed E-state index contributed by atoms with van der Waals surface area (Å²) in [6, 6.07) is 0. The summed E-state index contributed by atoms with van der Waals surface area (Å²) in [4.78, 5) is 2.58. The highest BCUT2D eigenvalue weighted by molar-refractivity contribution is 7.80. The van der Waals surface area contributed by atoms with Crippen molar-refractivity contribution in [3.8, 4) is 0 Å². The zero-order valence-electron chi connectivity index (χ0n) is 11.7. The molecule has 0 radical (unpaired) electrons. The van der Waals surface area contributed by atoms with Crippen LogP contribution in [0.3, 0.4) is 0 Å².